The molecular weight excluding hydrogens is 475 g/mol. The summed E-state index contributed by atoms with van der Waals surface area (Å²) in [5.74, 6) is 0.636. The molecule has 5 rings (SSSR count). The fourth-order valence-corrected chi connectivity index (χ4v) is 5.97. The molecule has 11 heteroatoms. The molecule has 0 radical (unpaired) electrons. The number of fused-ring (bicyclic) bond motifs is 1. The van der Waals surface area contributed by atoms with Gasteiger partial charge in [0.2, 0.25) is 0 Å². The Labute approximate surface area is 218 Å². The number of hydrogen-bond donors (Lipinski definition) is 2. The number of nitrogens with zero attached hydrogens (tertiary/aromatic N) is 6. The summed E-state index contributed by atoms with van der Waals surface area (Å²) in [6, 6.07) is 0.920. The van der Waals surface area contributed by atoms with Crippen LogP contribution < -0.4 is 5.32 Å². The summed E-state index contributed by atoms with van der Waals surface area (Å²) >= 11 is 0. The van der Waals surface area contributed by atoms with Gasteiger partial charge in [-0.1, -0.05) is 6.92 Å². The second-order valence-electron chi connectivity index (χ2n) is 11.1. The Kier molecular flexibility index (Phi) is 7.10. The van der Waals surface area contributed by atoms with Crippen LogP contribution >= 0.6 is 0 Å². The standard InChI is InChI=1S/C26H39FN8O2/c1-6-7-21-28-12-20(27)24(29-21)30-23-19-15-35(26(4,5)22(19)31-32-23)25(36)34-14-16(2)33(13-17(34)3)18-8-10-37-11-9-18/h12,16-18H,6-11,13-15H2,1-5H3,(H2,28,29,30,31,32)/t16-,17+/m1/s1. The Bertz CT molecular complexity index is 1130. The van der Waals surface area contributed by atoms with Gasteiger partial charge < -0.3 is 19.9 Å². The molecule has 2 fully saturated rings. The molecule has 2 aromatic heterocycles. The van der Waals surface area contributed by atoms with Crippen molar-refractivity contribution in [3.8, 4) is 0 Å². The first kappa shape index (κ1) is 25.8. The lowest BCUT2D eigenvalue weighted by Gasteiger charge is -2.49. The molecule has 2 amide bonds. The van der Waals surface area contributed by atoms with E-state index in [2.05, 4.69) is 44.2 Å². The van der Waals surface area contributed by atoms with Gasteiger partial charge in [0.15, 0.2) is 17.5 Å². The minimum Gasteiger partial charge on any atom is -0.381 e. The van der Waals surface area contributed by atoms with Gasteiger partial charge in [-0.25, -0.2) is 19.2 Å². The number of aryl methyl sites for hydroxylation is 1. The molecule has 2 atom stereocenters. The second-order valence-corrected chi connectivity index (χ2v) is 11.1. The Balaban J connectivity index is 1.32. The summed E-state index contributed by atoms with van der Waals surface area (Å²) in [6.45, 7) is 14.0. The van der Waals surface area contributed by atoms with Gasteiger partial charge in [-0.3, -0.25) is 10.00 Å². The molecule has 2 saturated heterocycles. The third kappa shape index (κ3) is 4.79. The fourth-order valence-electron chi connectivity index (χ4n) is 5.97. The van der Waals surface area contributed by atoms with Crippen molar-refractivity contribution in [3.05, 3.63) is 29.1 Å². The van der Waals surface area contributed by atoms with Crippen LogP contribution in [0.15, 0.2) is 6.20 Å². The highest BCUT2D eigenvalue weighted by Crippen LogP contribution is 2.42. The van der Waals surface area contributed by atoms with Crippen molar-refractivity contribution >= 4 is 17.7 Å². The van der Waals surface area contributed by atoms with Crippen molar-refractivity contribution in [2.24, 2.45) is 0 Å². The second kappa shape index (κ2) is 10.2. The topological polar surface area (TPSA) is 103 Å². The van der Waals surface area contributed by atoms with Crippen LogP contribution in [0.4, 0.5) is 20.8 Å². The molecule has 3 aliphatic rings. The maximum atomic E-state index is 14.5. The third-order valence-corrected chi connectivity index (χ3v) is 8.14. The number of aromatic nitrogens is 4. The summed E-state index contributed by atoms with van der Waals surface area (Å²) in [5.41, 5.74) is 1.13. The number of H-pyrrole nitrogens is 1. The Hall–Kier alpha value is -2.79. The number of urea groups is 1. The zero-order valence-corrected chi connectivity index (χ0v) is 22.6. The van der Waals surface area contributed by atoms with Gasteiger partial charge >= 0.3 is 6.03 Å². The highest BCUT2D eigenvalue weighted by Gasteiger charge is 2.47. The van der Waals surface area contributed by atoms with E-state index in [1.54, 1.807) is 0 Å². The number of halogens is 1. The lowest BCUT2D eigenvalue weighted by molar-refractivity contribution is -0.0237. The zero-order chi connectivity index (χ0) is 26.3. The number of piperazine rings is 1. The molecule has 0 saturated carbocycles. The van der Waals surface area contributed by atoms with Gasteiger partial charge in [0.1, 0.15) is 5.82 Å². The highest BCUT2D eigenvalue weighted by atomic mass is 19.1. The average Bonchev–Trinajstić information content (AvgIpc) is 3.40. The first-order valence-corrected chi connectivity index (χ1v) is 13.5. The quantitative estimate of drug-likeness (QED) is 0.626. The molecule has 0 unspecified atom stereocenters. The zero-order valence-electron chi connectivity index (χ0n) is 22.6. The Morgan fingerprint density at radius 2 is 1.97 bits per heavy atom. The molecule has 10 nitrogen and oxygen atoms in total. The van der Waals surface area contributed by atoms with Crippen LogP contribution in [0.1, 0.15) is 71.0 Å². The summed E-state index contributed by atoms with van der Waals surface area (Å²) in [7, 11) is 0. The first-order valence-electron chi connectivity index (χ1n) is 13.5. The van der Waals surface area contributed by atoms with E-state index in [1.807, 2.05) is 30.6 Å². The Morgan fingerprint density at radius 3 is 2.70 bits per heavy atom. The molecule has 202 valence electrons. The molecule has 37 heavy (non-hydrogen) atoms. The monoisotopic (exact) mass is 514 g/mol. The molecule has 0 bridgehead atoms. The number of nitrogens with one attached hydrogen (secondary N) is 2. The summed E-state index contributed by atoms with van der Waals surface area (Å²) in [5, 5.41) is 10.6. The third-order valence-electron chi connectivity index (χ3n) is 8.14. The van der Waals surface area contributed by atoms with Crippen LogP contribution in [0.5, 0.6) is 0 Å². The van der Waals surface area contributed by atoms with Crippen molar-refractivity contribution in [1.82, 2.24) is 34.9 Å². The molecule has 5 heterocycles. The van der Waals surface area contributed by atoms with E-state index in [9.17, 15) is 9.18 Å². The van der Waals surface area contributed by atoms with E-state index >= 15 is 0 Å². The van der Waals surface area contributed by atoms with E-state index in [0.29, 0.717) is 37.2 Å². The van der Waals surface area contributed by atoms with Crippen molar-refractivity contribution in [2.75, 3.05) is 31.6 Å². The average molecular weight is 515 g/mol. The summed E-state index contributed by atoms with van der Waals surface area (Å²) in [4.78, 5) is 28.8. The van der Waals surface area contributed by atoms with Gasteiger partial charge in [-0.05, 0) is 47.0 Å². The molecule has 0 aliphatic carbocycles. The number of anilines is 2. The van der Waals surface area contributed by atoms with Crippen LogP contribution in [0.2, 0.25) is 0 Å². The van der Waals surface area contributed by atoms with E-state index < -0.39 is 11.4 Å². The van der Waals surface area contributed by atoms with Gasteiger partial charge in [-0.15, -0.1) is 0 Å². The van der Waals surface area contributed by atoms with Crippen LogP contribution in [0.3, 0.4) is 0 Å². The van der Waals surface area contributed by atoms with E-state index in [0.717, 1.165) is 50.3 Å². The SMILES string of the molecule is CCCc1ncc(F)c(Nc2n[nH]c3c2CN(C(=O)N2C[C@@H](C)N(C4CCOCC4)C[C@@H]2C)C3(C)C)n1. The highest BCUT2D eigenvalue weighted by molar-refractivity contribution is 5.78. The van der Waals surface area contributed by atoms with Crippen LogP contribution in [0, 0.1) is 5.82 Å². The van der Waals surface area contributed by atoms with Crippen molar-refractivity contribution in [2.45, 2.75) is 90.5 Å². The largest absolute Gasteiger partial charge is 0.381 e. The lowest BCUT2D eigenvalue weighted by Crippen LogP contribution is -2.63. The maximum absolute atomic E-state index is 14.5. The van der Waals surface area contributed by atoms with Gasteiger partial charge in [0.05, 0.1) is 24.0 Å². The maximum Gasteiger partial charge on any atom is 0.321 e. The minimum absolute atomic E-state index is 0.0185. The fraction of sp³-hybridized carbons (Fsp3) is 0.692. The van der Waals surface area contributed by atoms with E-state index in [1.165, 1.54) is 6.20 Å². The Morgan fingerprint density at radius 1 is 1.22 bits per heavy atom. The predicted molar refractivity (Wildman–Crippen MR) is 138 cm³/mol. The molecular formula is C26H39FN8O2. The van der Waals surface area contributed by atoms with Crippen LogP contribution in [-0.4, -0.2) is 85.3 Å². The van der Waals surface area contributed by atoms with Crippen molar-refractivity contribution < 1.29 is 13.9 Å². The number of aromatic amines is 1. The predicted octanol–water partition coefficient (Wildman–Crippen LogP) is 3.78. The van der Waals surface area contributed by atoms with Gasteiger partial charge in [-0.2, -0.15) is 5.10 Å². The van der Waals surface area contributed by atoms with Crippen LogP contribution in [0.25, 0.3) is 0 Å². The normalized spacial score (nSPS) is 24.4. The number of rotatable bonds is 5. The first-order chi connectivity index (χ1) is 17.7. The number of carbonyl (C=O) groups is 1. The number of hydrogen-bond acceptors (Lipinski definition) is 7. The smallest absolute Gasteiger partial charge is 0.321 e. The van der Waals surface area contributed by atoms with Crippen molar-refractivity contribution in [3.63, 3.8) is 0 Å². The van der Waals surface area contributed by atoms with E-state index in [-0.39, 0.29) is 23.9 Å². The molecule has 2 N–H and O–H groups in total. The molecule has 0 spiro atoms. The van der Waals surface area contributed by atoms with E-state index in [4.69, 9.17) is 4.74 Å². The summed E-state index contributed by atoms with van der Waals surface area (Å²) in [6.07, 6.45) is 4.83. The lowest BCUT2D eigenvalue weighted by atomic mass is 9.99. The molecule has 2 aromatic rings. The minimum atomic E-state index is -0.586. The molecule has 0 aromatic carbocycles. The number of amides is 2. The number of carbonyl (C=O) groups excluding carboxylic acids is 1. The molecule has 3 aliphatic heterocycles. The van der Waals surface area contributed by atoms with Crippen molar-refractivity contribution in [1.29, 1.82) is 0 Å². The van der Waals surface area contributed by atoms with Gasteiger partial charge in [0.25, 0.3) is 0 Å². The summed E-state index contributed by atoms with van der Waals surface area (Å²) < 4.78 is 20.0. The van der Waals surface area contributed by atoms with Crippen LogP contribution in [-0.2, 0) is 23.2 Å². The van der Waals surface area contributed by atoms with Gasteiger partial charge in [0, 0.05) is 56.4 Å². The number of ether oxygens (including phenoxy) is 1.